The fraction of sp³-hybridized carbons (Fsp3) is 0.333. The molecule has 1 atom stereocenters. The topological polar surface area (TPSA) is 61.4 Å². The van der Waals surface area contributed by atoms with Crippen molar-refractivity contribution in [2.45, 2.75) is 39.4 Å². The third-order valence-electron chi connectivity index (χ3n) is 5.68. The lowest BCUT2D eigenvalue weighted by molar-refractivity contribution is -0.123. The van der Waals surface area contributed by atoms with E-state index in [0.29, 0.717) is 26.1 Å². The third kappa shape index (κ3) is 4.25. The van der Waals surface area contributed by atoms with Gasteiger partial charge in [0.1, 0.15) is 0 Å². The van der Waals surface area contributed by atoms with Gasteiger partial charge in [-0.3, -0.25) is 4.79 Å². The molecule has 0 saturated carbocycles. The first-order valence-electron chi connectivity index (χ1n) is 10.2. The minimum Gasteiger partial charge on any atom is -0.316 e. The highest BCUT2D eigenvalue weighted by Gasteiger charge is 2.25. The van der Waals surface area contributed by atoms with Crippen LogP contribution < -0.4 is 10.6 Å². The van der Waals surface area contributed by atoms with Crippen LogP contribution in [0.25, 0.3) is 5.57 Å². The molecule has 5 nitrogen and oxygen atoms in total. The second-order valence-electron chi connectivity index (χ2n) is 8.08. The molecule has 0 aromatic heterocycles. The van der Waals surface area contributed by atoms with Gasteiger partial charge in [-0.2, -0.15) is 0 Å². The fourth-order valence-electron chi connectivity index (χ4n) is 3.99. The van der Waals surface area contributed by atoms with Gasteiger partial charge in [-0.25, -0.2) is 4.79 Å². The highest BCUT2D eigenvalue weighted by atomic mass is 16.2. The Morgan fingerprint density at radius 3 is 2.31 bits per heavy atom. The standard InChI is InChI=1S/C24H27N3O2/c1-16(2)23(28)22-13-18(11-12-25-22)17-7-9-21(10-8-17)26-24(29)27-14-19-5-3-4-6-20(19)15-27/h3-11,16,22,25H,12-15H2,1-2H3,(H,26,29). The SMILES string of the molecule is CC(C)C(=O)C1CC(c2ccc(NC(=O)N3Cc4ccccc4C3)cc2)=CCN1. The summed E-state index contributed by atoms with van der Waals surface area (Å²) in [5.41, 5.74) is 5.47. The molecule has 2 aromatic carbocycles. The number of fused-ring (bicyclic) bond motifs is 1. The van der Waals surface area contributed by atoms with Crippen LogP contribution in [0.2, 0.25) is 0 Å². The van der Waals surface area contributed by atoms with E-state index in [1.807, 2.05) is 55.1 Å². The Labute approximate surface area is 171 Å². The van der Waals surface area contributed by atoms with E-state index < -0.39 is 0 Å². The maximum Gasteiger partial charge on any atom is 0.322 e. The molecule has 1 unspecified atom stereocenters. The van der Waals surface area contributed by atoms with Crippen molar-refractivity contribution in [2.24, 2.45) is 5.92 Å². The van der Waals surface area contributed by atoms with Gasteiger partial charge in [0, 0.05) is 31.2 Å². The van der Waals surface area contributed by atoms with E-state index in [4.69, 9.17) is 0 Å². The number of rotatable bonds is 4. The number of Topliss-reactive ketones (excluding diaryl/α,β-unsaturated/α-hetero) is 1. The van der Waals surface area contributed by atoms with E-state index in [2.05, 4.69) is 28.8 Å². The molecule has 0 fully saturated rings. The summed E-state index contributed by atoms with van der Waals surface area (Å²) < 4.78 is 0. The van der Waals surface area contributed by atoms with Crippen molar-refractivity contribution in [2.75, 3.05) is 11.9 Å². The number of amides is 2. The van der Waals surface area contributed by atoms with Crippen molar-refractivity contribution in [3.8, 4) is 0 Å². The van der Waals surface area contributed by atoms with E-state index in [0.717, 1.165) is 11.3 Å². The third-order valence-corrected chi connectivity index (χ3v) is 5.68. The van der Waals surface area contributed by atoms with Gasteiger partial charge >= 0.3 is 6.03 Å². The fourth-order valence-corrected chi connectivity index (χ4v) is 3.99. The summed E-state index contributed by atoms with van der Waals surface area (Å²) in [5, 5.41) is 6.28. The van der Waals surface area contributed by atoms with Crippen molar-refractivity contribution >= 4 is 23.1 Å². The van der Waals surface area contributed by atoms with Crippen molar-refractivity contribution in [3.63, 3.8) is 0 Å². The summed E-state index contributed by atoms with van der Waals surface area (Å²) in [4.78, 5) is 26.7. The average Bonchev–Trinajstić information content (AvgIpc) is 3.18. The van der Waals surface area contributed by atoms with Crippen LogP contribution in [0.1, 0.15) is 37.0 Å². The Balaban J connectivity index is 1.38. The zero-order chi connectivity index (χ0) is 20.4. The second-order valence-corrected chi connectivity index (χ2v) is 8.08. The largest absolute Gasteiger partial charge is 0.322 e. The van der Waals surface area contributed by atoms with Crippen LogP contribution in [-0.2, 0) is 17.9 Å². The van der Waals surface area contributed by atoms with Crippen LogP contribution in [0.3, 0.4) is 0 Å². The van der Waals surface area contributed by atoms with E-state index >= 15 is 0 Å². The van der Waals surface area contributed by atoms with Crippen LogP contribution >= 0.6 is 0 Å². The molecule has 5 heteroatoms. The summed E-state index contributed by atoms with van der Waals surface area (Å²) >= 11 is 0. The maximum absolute atomic E-state index is 12.6. The molecule has 2 aromatic rings. The number of carbonyl (C=O) groups is 2. The quantitative estimate of drug-likeness (QED) is 0.824. The molecule has 0 spiro atoms. The van der Waals surface area contributed by atoms with Gasteiger partial charge in [-0.1, -0.05) is 56.3 Å². The lowest BCUT2D eigenvalue weighted by Crippen LogP contribution is -2.41. The molecule has 0 saturated heterocycles. The van der Waals surface area contributed by atoms with Crippen LogP contribution in [0.5, 0.6) is 0 Å². The first-order valence-corrected chi connectivity index (χ1v) is 10.2. The molecule has 29 heavy (non-hydrogen) atoms. The normalized spacial score (nSPS) is 18.4. The van der Waals surface area contributed by atoms with Gasteiger partial charge in [-0.05, 0) is 40.8 Å². The number of anilines is 1. The van der Waals surface area contributed by atoms with E-state index in [1.54, 1.807) is 0 Å². The van der Waals surface area contributed by atoms with Crippen molar-refractivity contribution in [1.82, 2.24) is 10.2 Å². The summed E-state index contributed by atoms with van der Waals surface area (Å²) in [6, 6.07) is 15.8. The molecular formula is C24H27N3O2. The predicted octanol–water partition coefficient (Wildman–Crippen LogP) is 4.20. The summed E-state index contributed by atoms with van der Waals surface area (Å²) in [5.74, 6) is 0.284. The summed E-state index contributed by atoms with van der Waals surface area (Å²) in [6.45, 7) is 5.87. The van der Waals surface area contributed by atoms with Crippen LogP contribution in [-0.4, -0.2) is 29.3 Å². The number of nitrogens with one attached hydrogen (secondary N) is 2. The average molecular weight is 389 g/mol. The van der Waals surface area contributed by atoms with Crippen molar-refractivity contribution < 1.29 is 9.59 Å². The van der Waals surface area contributed by atoms with Gasteiger partial charge in [0.2, 0.25) is 0 Å². The minimum absolute atomic E-state index is 0.0289. The molecule has 2 aliphatic heterocycles. The van der Waals surface area contributed by atoms with Gasteiger partial charge in [0.05, 0.1) is 6.04 Å². The molecule has 0 aliphatic carbocycles. The number of ketones is 1. The Kier molecular flexibility index (Phi) is 5.49. The zero-order valence-electron chi connectivity index (χ0n) is 16.9. The first kappa shape index (κ1) is 19.4. The number of nitrogens with zero attached hydrogens (tertiary/aromatic N) is 1. The van der Waals surface area contributed by atoms with E-state index in [-0.39, 0.29) is 23.8 Å². The Bertz CT molecular complexity index is 922. The van der Waals surface area contributed by atoms with Gasteiger partial charge in [-0.15, -0.1) is 0 Å². The lowest BCUT2D eigenvalue weighted by atomic mass is 9.90. The molecule has 2 heterocycles. The number of benzene rings is 2. The molecule has 2 N–H and O–H groups in total. The smallest absolute Gasteiger partial charge is 0.316 e. The molecule has 2 aliphatic rings. The Morgan fingerprint density at radius 1 is 1.03 bits per heavy atom. The predicted molar refractivity (Wildman–Crippen MR) is 115 cm³/mol. The zero-order valence-corrected chi connectivity index (χ0v) is 16.9. The monoisotopic (exact) mass is 389 g/mol. The van der Waals surface area contributed by atoms with Gasteiger partial charge in [0.15, 0.2) is 5.78 Å². The molecule has 0 radical (unpaired) electrons. The van der Waals surface area contributed by atoms with E-state index in [1.165, 1.54) is 16.7 Å². The molecule has 0 bridgehead atoms. The van der Waals surface area contributed by atoms with Crippen molar-refractivity contribution in [1.29, 1.82) is 0 Å². The highest BCUT2D eigenvalue weighted by molar-refractivity contribution is 5.90. The first-order chi connectivity index (χ1) is 14.0. The Hall–Kier alpha value is -2.92. The molecular weight excluding hydrogens is 362 g/mol. The number of urea groups is 1. The Morgan fingerprint density at radius 2 is 1.69 bits per heavy atom. The van der Waals surface area contributed by atoms with Crippen LogP contribution in [0.4, 0.5) is 10.5 Å². The van der Waals surface area contributed by atoms with Crippen molar-refractivity contribution in [3.05, 3.63) is 71.3 Å². The lowest BCUT2D eigenvalue weighted by Gasteiger charge is -2.25. The van der Waals surface area contributed by atoms with Crippen LogP contribution in [0.15, 0.2) is 54.6 Å². The van der Waals surface area contributed by atoms with Crippen LogP contribution in [0, 0.1) is 5.92 Å². The number of hydrogen-bond acceptors (Lipinski definition) is 3. The minimum atomic E-state index is -0.119. The summed E-state index contributed by atoms with van der Waals surface area (Å²) in [6.07, 6.45) is 2.84. The van der Waals surface area contributed by atoms with E-state index in [9.17, 15) is 9.59 Å². The molecule has 2 amide bonds. The molecule has 150 valence electrons. The number of hydrogen-bond donors (Lipinski definition) is 2. The summed E-state index contributed by atoms with van der Waals surface area (Å²) in [7, 11) is 0. The highest BCUT2D eigenvalue weighted by Crippen LogP contribution is 2.26. The van der Waals surface area contributed by atoms with Gasteiger partial charge in [0.25, 0.3) is 0 Å². The number of carbonyl (C=O) groups excluding carboxylic acids is 2. The van der Waals surface area contributed by atoms with Gasteiger partial charge < -0.3 is 15.5 Å². The molecule has 4 rings (SSSR count). The maximum atomic E-state index is 12.6. The second kappa shape index (κ2) is 8.21.